The van der Waals surface area contributed by atoms with Gasteiger partial charge in [0.05, 0.1) is 16.8 Å². The van der Waals surface area contributed by atoms with E-state index < -0.39 is 11.6 Å². The minimum atomic E-state index is -0.493. The minimum absolute atomic E-state index is 0.0741. The number of rotatable bonds is 5. The number of halogens is 3. The van der Waals surface area contributed by atoms with Gasteiger partial charge < -0.3 is 10.1 Å². The molecule has 1 aromatic carbocycles. The van der Waals surface area contributed by atoms with Crippen LogP contribution in [0.1, 0.15) is 13.8 Å². The van der Waals surface area contributed by atoms with Crippen LogP contribution in [-0.2, 0) is 4.74 Å². The van der Waals surface area contributed by atoms with Gasteiger partial charge in [0, 0.05) is 18.7 Å². The Morgan fingerprint density at radius 1 is 1.38 bits per heavy atom. The highest BCUT2D eigenvalue weighted by atomic mass is 79.9. The van der Waals surface area contributed by atoms with E-state index in [2.05, 4.69) is 21.2 Å². The van der Waals surface area contributed by atoms with Crippen LogP contribution in [0.5, 0.6) is 0 Å². The molecule has 0 saturated heterocycles. The van der Waals surface area contributed by atoms with Crippen molar-refractivity contribution in [1.82, 2.24) is 0 Å². The van der Waals surface area contributed by atoms with Gasteiger partial charge in [0.1, 0.15) is 11.6 Å². The summed E-state index contributed by atoms with van der Waals surface area (Å²) in [5.74, 6) is -0.982. The molecule has 0 spiro atoms. The van der Waals surface area contributed by atoms with Crippen molar-refractivity contribution in [2.45, 2.75) is 19.9 Å². The lowest BCUT2D eigenvalue weighted by molar-refractivity contribution is 0.141. The van der Waals surface area contributed by atoms with Crippen molar-refractivity contribution in [2.24, 2.45) is 0 Å². The van der Waals surface area contributed by atoms with Crippen molar-refractivity contribution >= 4 is 21.6 Å². The Bertz CT molecular complexity index is 360. The molecule has 1 N–H and O–H groups in total. The van der Waals surface area contributed by atoms with Crippen LogP contribution in [0.4, 0.5) is 14.5 Å². The van der Waals surface area contributed by atoms with E-state index in [9.17, 15) is 8.78 Å². The Kier molecular flexibility index (Phi) is 5.15. The molecule has 1 atom stereocenters. The summed E-state index contributed by atoms with van der Waals surface area (Å²) in [7, 11) is 0. The Morgan fingerprint density at radius 2 is 2.06 bits per heavy atom. The zero-order chi connectivity index (χ0) is 12.1. The first-order valence-electron chi connectivity index (χ1n) is 5.03. The smallest absolute Gasteiger partial charge is 0.147 e. The zero-order valence-electron chi connectivity index (χ0n) is 9.19. The van der Waals surface area contributed by atoms with Crippen LogP contribution in [0.15, 0.2) is 16.6 Å². The molecule has 1 unspecified atom stereocenters. The second kappa shape index (κ2) is 6.15. The van der Waals surface area contributed by atoms with E-state index >= 15 is 0 Å². The summed E-state index contributed by atoms with van der Waals surface area (Å²) < 4.78 is 31.9. The number of benzene rings is 1. The molecular weight excluding hydrogens is 280 g/mol. The van der Waals surface area contributed by atoms with Crippen molar-refractivity contribution in [2.75, 3.05) is 18.5 Å². The highest BCUT2D eigenvalue weighted by molar-refractivity contribution is 9.10. The molecule has 0 amide bonds. The minimum Gasteiger partial charge on any atom is -0.380 e. The summed E-state index contributed by atoms with van der Waals surface area (Å²) in [6.07, 6.45) is 0. The topological polar surface area (TPSA) is 21.3 Å². The summed E-state index contributed by atoms with van der Waals surface area (Å²) in [5, 5.41) is 2.85. The predicted octanol–water partition coefficient (Wildman–Crippen LogP) is 3.56. The van der Waals surface area contributed by atoms with Crippen molar-refractivity contribution in [3.05, 3.63) is 28.2 Å². The van der Waals surface area contributed by atoms with E-state index in [4.69, 9.17) is 4.74 Å². The van der Waals surface area contributed by atoms with Crippen LogP contribution in [0.2, 0.25) is 0 Å². The van der Waals surface area contributed by atoms with Crippen LogP contribution in [0.25, 0.3) is 0 Å². The molecule has 5 heteroatoms. The fourth-order valence-electron chi connectivity index (χ4n) is 1.23. The van der Waals surface area contributed by atoms with Gasteiger partial charge in [-0.3, -0.25) is 0 Å². The van der Waals surface area contributed by atoms with Gasteiger partial charge in [0.2, 0.25) is 0 Å². The SMILES string of the molecule is CCOCC(C)Nc1cc(F)c(Br)cc1F. The Balaban J connectivity index is 2.69. The van der Waals surface area contributed by atoms with Gasteiger partial charge in [0.25, 0.3) is 0 Å². The lowest BCUT2D eigenvalue weighted by Crippen LogP contribution is -2.22. The van der Waals surface area contributed by atoms with Gasteiger partial charge in [-0.25, -0.2) is 8.78 Å². The van der Waals surface area contributed by atoms with Crippen LogP contribution in [0.3, 0.4) is 0 Å². The molecule has 0 aromatic heterocycles. The number of hydrogen-bond acceptors (Lipinski definition) is 2. The van der Waals surface area contributed by atoms with E-state index in [1.807, 2.05) is 13.8 Å². The van der Waals surface area contributed by atoms with Crippen LogP contribution in [0, 0.1) is 11.6 Å². The lowest BCUT2D eigenvalue weighted by Gasteiger charge is -2.15. The Labute approximate surface area is 102 Å². The van der Waals surface area contributed by atoms with E-state index in [1.54, 1.807) is 0 Å². The van der Waals surface area contributed by atoms with E-state index in [-0.39, 0.29) is 16.2 Å². The summed E-state index contributed by atoms with van der Waals surface area (Å²) in [6.45, 7) is 4.78. The summed E-state index contributed by atoms with van der Waals surface area (Å²) in [6, 6.07) is 2.16. The van der Waals surface area contributed by atoms with Gasteiger partial charge in [-0.15, -0.1) is 0 Å². The van der Waals surface area contributed by atoms with Crippen molar-refractivity contribution in [1.29, 1.82) is 0 Å². The summed E-state index contributed by atoms with van der Waals surface area (Å²) in [5.41, 5.74) is 0.146. The third-order valence-corrected chi connectivity index (χ3v) is 2.59. The van der Waals surface area contributed by atoms with E-state index in [0.29, 0.717) is 13.2 Å². The number of ether oxygens (including phenoxy) is 1. The highest BCUT2D eigenvalue weighted by Gasteiger charge is 2.10. The molecule has 1 aromatic rings. The molecule has 0 bridgehead atoms. The average molecular weight is 294 g/mol. The Hall–Kier alpha value is -0.680. The third kappa shape index (κ3) is 3.72. The fourth-order valence-corrected chi connectivity index (χ4v) is 1.55. The molecule has 90 valence electrons. The number of nitrogens with one attached hydrogen (secondary N) is 1. The maximum Gasteiger partial charge on any atom is 0.147 e. The molecule has 1 rings (SSSR count). The van der Waals surface area contributed by atoms with E-state index in [1.165, 1.54) is 0 Å². The third-order valence-electron chi connectivity index (χ3n) is 1.98. The quantitative estimate of drug-likeness (QED) is 0.838. The molecular formula is C11H14BrF2NO. The van der Waals surface area contributed by atoms with Gasteiger partial charge in [-0.1, -0.05) is 0 Å². The molecule has 0 aliphatic heterocycles. The first kappa shape index (κ1) is 13.4. The highest BCUT2D eigenvalue weighted by Crippen LogP contribution is 2.23. The maximum atomic E-state index is 13.4. The van der Waals surface area contributed by atoms with Gasteiger partial charge in [0.15, 0.2) is 0 Å². The molecule has 0 aliphatic rings. The predicted molar refractivity (Wildman–Crippen MR) is 63.6 cm³/mol. The lowest BCUT2D eigenvalue weighted by atomic mass is 10.2. The Morgan fingerprint density at radius 3 is 2.69 bits per heavy atom. The number of anilines is 1. The second-order valence-corrected chi connectivity index (χ2v) is 4.31. The van der Waals surface area contributed by atoms with Crippen molar-refractivity contribution in [3.8, 4) is 0 Å². The van der Waals surface area contributed by atoms with Gasteiger partial charge in [-0.2, -0.15) is 0 Å². The first-order valence-corrected chi connectivity index (χ1v) is 5.82. The van der Waals surface area contributed by atoms with Gasteiger partial charge in [-0.05, 0) is 35.8 Å². The molecule has 0 heterocycles. The largest absolute Gasteiger partial charge is 0.380 e. The summed E-state index contributed by atoms with van der Waals surface area (Å²) >= 11 is 2.92. The van der Waals surface area contributed by atoms with Crippen LogP contribution < -0.4 is 5.32 Å². The molecule has 0 saturated carbocycles. The summed E-state index contributed by atoms with van der Waals surface area (Å²) in [4.78, 5) is 0. The second-order valence-electron chi connectivity index (χ2n) is 3.45. The monoisotopic (exact) mass is 293 g/mol. The number of hydrogen-bond donors (Lipinski definition) is 1. The van der Waals surface area contributed by atoms with Gasteiger partial charge >= 0.3 is 0 Å². The normalized spacial score (nSPS) is 12.6. The van der Waals surface area contributed by atoms with Crippen molar-refractivity contribution < 1.29 is 13.5 Å². The first-order chi connectivity index (χ1) is 7.54. The average Bonchev–Trinajstić information content (AvgIpc) is 2.23. The van der Waals surface area contributed by atoms with Crippen LogP contribution in [-0.4, -0.2) is 19.3 Å². The van der Waals surface area contributed by atoms with Crippen LogP contribution >= 0.6 is 15.9 Å². The molecule has 0 fully saturated rings. The zero-order valence-corrected chi connectivity index (χ0v) is 10.8. The fraction of sp³-hybridized carbons (Fsp3) is 0.455. The molecule has 0 radical (unpaired) electrons. The maximum absolute atomic E-state index is 13.4. The molecule has 0 aliphatic carbocycles. The van der Waals surface area contributed by atoms with E-state index in [0.717, 1.165) is 12.1 Å². The molecule has 2 nitrogen and oxygen atoms in total. The standard InChI is InChI=1S/C11H14BrF2NO/c1-3-16-6-7(2)15-11-5-9(13)8(12)4-10(11)14/h4-5,7,15H,3,6H2,1-2H3. The van der Waals surface area contributed by atoms with Crippen molar-refractivity contribution in [3.63, 3.8) is 0 Å². The molecule has 16 heavy (non-hydrogen) atoms.